The van der Waals surface area contributed by atoms with Crippen molar-refractivity contribution >= 4 is 42.8 Å². The summed E-state index contributed by atoms with van der Waals surface area (Å²) < 4.78 is 0. The molecule has 0 N–H and O–H groups in total. The van der Waals surface area contributed by atoms with E-state index in [0.717, 1.165) is 0 Å². The van der Waals surface area contributed by atoms with E-state index in [2.05, 4.69) is 177 Å². The van der Waals surface area contributed by atoms with Crippen LogP contribution in [0.3, 0.4) is 0 Å². The molecule has 0 aliphatic rings. The smallest absolute Gasteiger partial charge is 0 e. The van der Waals surface area contributed by atoms with Gasteiger partial charge in [-0.05, 0) is 10.6 Å². The molecule has 0 saturated carbocycles. The van der Waals surface area contributed by atoms with Crippen LogP contribution in [0, 0.1) is 19.6 Å². The third kappa shape index (κ3) is 29.6. The van der Waals surface area contributed by atoms with E-state index in [1.54, 1.807) is 0 Å². The van der Waals surface area contributed by atoms with Gasteiger partial charge in [0, 0.05) is 26.2 Å². The first-order chi connectivity index (χ1) is 18.7. The minimum atomic E-state index is -0.861. The Balaban J connectivity index is 0. The van der Waals surface area contributed by atoms with E-state index in [4.69, 9.17) is 10.6 Å². The van der Waals surface area contributed by atoms with E-state index in [-0.39, 0.29) is 38.2 Å². The maximum atomic E-state index is 5.05. The summed E-state index contributed by atoms with van der Waals surface area (Å²) in [5, 5.41) is 12.7. The van der Waals surface area contributed by atoms with Crippen molar-refractivity contribution in [2.45, 2.75) is 91.3 Å². The molecule has 234 valence electrons. The Bertz CT molecular complexity index is 947. The zero-order valence-electron chi connectivity index (χ0n) is 28.5. The van der Waals surface area contributed by atoms with Crippen LogP contribution in [0.4, 0.5) is 0 Å². The summed E-state index contributed by atoms with van der Waals surface area (Å²) in [6.45, 7) is 36.6. The molecule has 3 rings (SSSR count). The number of hydrogen-bond donors (Lipinski definition) is 0. The van der Waals surface area contributed by atoms with Gasteiger partial charge in [0.2, 0.25) is 0 Å². The Kier molecular flexibility index (Phi) is 23.0. The molecule has 7 heteroatoms. The van der Waals surface area contributed by atoms with Crippen molar-refractivity contribution in [3.63, 3.8) is 0 Å². The molecule has 2 nitrogen and oxygen atoms in total. The van der Waals surface area contributed by atoms with Crippen LogP contribution in [-0.4, -0.2) is 36.2 Å². The van der Waals surface area contributed by atoms with Crippen LogP contribution in [0.2, 0.25) is 58.9 Å². The standard InChI is InChI=1S/C23H25N2P.3C4H11Si.Zr/c1-19(2)25-23(24-18-20-12-6-3-7-13-20)26(21-14-8-4-9-15-21)22-16-10-5-11-17-22;3*1-5(2,3)4;/h3-17,19,23H,18H2,1-2H3;3*1H2,2-4H3;/q-2;3*-1;. The zero-order valence-corrected chi connectivity index (χ0v) is 34.8. The summed E-state index contributed by atoms with van der Waals surface area (Å²) in [6.07, 6.45) is 0. The van der Waals surface area contributed by atoms with E-state index in [1.165, 1.54) is 16.2 Å². The Hall–Kier alpha value is -0.456. The molecule has 0 fully saturated rings. The topological polar surface area (TPSA) is 28.2 Å². The predicted molar refractivity (Wildman–Crippen MR) is 201 cm³/mol. The van der Waals surface area contributed by atoms with Crippen LogP contribution in [0.5, 0.6) is 0 Å². The Morgan fingerprint density at radius 1 is 0.571 bits per heavy atom. The zero-order chi connectivity index (χ0) is 31.7. The molecule has 0 amide bonds. The fourth-order valence-corrected chi connectivity index (χ4v) is 5.29. The quantitative estimate of drug-likeness (QED) is 0.126. The number of rotatable bonds is 8. The molecule has 0 saturated heterocycles. The maximum Gasteiger partial charge on any atom is 0 e. The summed E-state index contributed by atoms with van der Waals surface area (Å²) in [6, 6.07) is 32.1. The maximum absolute atomic E-state index is 5.05. The van der Waals surface area contributed by atoms with Crippen LogP contribution >= 0.6 is 7.92 Å². The number of benzene rings is 3. The van der Waals surface area contributed by atoms with Crippen LogP contribution in [0.15, 0.2) is 91.0 Å². The molecule has 0 radical (unpaired) electrons. The third-order valence-corrected chi connectivity index (χ3v) is 6.48. The number of hydrogen-bond acceptors (Lipinski definition) is 0. The van der Waals surface area contributed by atoms with E-state index in [9.17, 15) is 0 Å². The van der Waals surface area contributed by atoms with Crippen molar-refractivity contribution in [1.82, 2.24) is 0 Å². The van der Waals surface area contributed by atoms with Gasteiger partial charge in [-0.25, -0.2) is 5.91 Å². The van der Waals surface area contributed by atoms with E-state index in [0.29, 0.717) is 6.54 Å². The van der Waals surface area contributed by atoms with Gasteiger partial charge in [-0.1, -0.05) is 177 Å². The van der Waals surface area contributed by atoms with Crippen LogP contribution < -0.4 is 10.6 Å². The van der Waals surface area contributed by atoms with Crippen LogP contribution in [0.25, 0.3) is 10.6 Å². The fourth-order valence-electron chi connectivity index (χ4n) is 2.83. The van der Waals surface area contributed by atoms with Crippen molar-refractivity contribution in [2.75, 3.05) is 0 Å². The minimum Gasteiger partial charge on any atom is -0.671 e. The first-order valence-electron chi connectivity index (χ1n) is 14.6. The number of nitrogens with zero attached hydrogens (tertiary/aromatic N) is 2. The van der Waals surface area contributed by atoms with E-state index < -0.39 is 32.1 Å². The van der Waals surface area contributed by atoms with Crippen molar-refractivity contribution in [2.24, 2.45) is 0 Å². The Labute approximate surface area is 285 Å². The molecule has 3 aromatic carbocycles. The fraction of sp³-hybridized carbons (Fsp3) is 0.400. The van der Waals surface area contributed by atoms with E-state index in [1.807, 2.05) is 6.07 Å². The molecule has 0 bridgehead atoms. The normalized spacial score (nSPS) is 12.0. The average Bonchev–Trinajstić information content (AvgIpc) is 2.81. The van der Waals surface area contributed by atoms with Gasteiger partial charge in [0.1, 0.15) is 0 Å². The molecule has 0 aliphatic heterocycles. The Morgan fingerprint density at radius 3 is 1.14 bits per heavy atom. The minimum absolute atomic E-state index is 0. The van der Waals surface area contributed by atoms with E-state index >= 15 is 0 Å². The summed E-state index contributed by atoms with van der Waals surface area (Å²) in [5.41, 5.74) is 1.23. The summed E-state index contributed by atoms with van der Waals surface area (Å²) in [7, 11) is -3.26. The molecular formula is C35H58N2PSi3Zr-5. The van der Waals surface area contributed by atoms with Gasteiger partial charge in [-0.3, -0.25) is 0 Å². The van der Waals surface area contributed by atoms with Gasteiger partial charge in [-0.15, -0.1) is 36.8 Å². The van der Waals surface area contributed by atoms with Gasteiger partial charge in [0.25, 0.3) is 0 Å². The second kappa shape index (κ2) is 22.1. The van der Waals surface area contributed by atoms with Crippen molar-refractivity contribution in [3.8, 4) is 0 Å². The van der Waals surface area contributed by atoms with Crippen molar-refractivity contribution < 1.29 is 26.2 Å². The predicted octanol–water partition coefficient (Wildman–Crippen LogP) is 10.9. The van der Waals surface area contributed by atoms with Crippen molar-refractivity contribution in [3.05, 3.63) is 127 Å². The van der Waals surface area contributed by atoms with Crippen LogP contribution in [0.1, 0.15) is 19.4 Å². The second-order valence-electron chi connectivity index (χ2n) is 14.1. The SMILES string of the molecule is CC(C)[N-]C([N-]Cc1ccccc1)P(c1ccccc1)c1ccccc1.[CH2-][Si](C)(C)C.[CH2-][Si](C)(C)C.[CH2-][Si](C)(C)C.[Zr]. The molecular weight excluding hydrogens is 655 g/mol. The van der Waals surface area contributed by atoms with Gasteiger partial charge in [0.05, 0.1) is 0 Å². The average molecular weight is 713 g/mol. The van der Waals surface area contributed by atoms with Crippen LogP contribution in [-0.2, 0) is 32.7 Å². The van der Waals surface area contributed by atoms with Gasteiger partial charge in [-0.2, -0.15) is 0 Å². The summed E-state index contributed by atoms with van der Waals surface area (Å²) in [4.78, 5) is 0. The third-order valence-electron chi connectivity index (χ3n) is 4.01. The summed E-state index contributed by atoms with van der Waals surface area (Å²) >= 11 is 0. The molecule has 1 unspecified atom stereocenters. The summed E-state index contributed by atoms with van der Waals surface area (Å²) in [5.74, 6) is -0.0463. The molecule has 42 heavy (non-hydrogen) atoms. The van der Waals surface area contributed by atoms with Gasteiger partial charge in [0.15, 0.2) is 0 Å². The molecule has 3 aromatic rings. The molecule has 0 aromatic heterocycles. The first kappa shape index (κ1) is 43.7. The molecule has 0 aliphatic carbocycles. The monoisotopic (exact) mass is 711 g/mol. The largest absolute Gasteiger partial charge is 0.671 e. The van der Waals surface area contributed by atoms with Gasteiger partial charge < -0.3 is 30.3 Å². The second-order valence-corrected chi connectivity index (χ2v) is 31.7. The molecule has 0 heterocycles. The first-order valence-corrected chi connectivity index (χ1v) is 27.1. The van der Waals surface area contributed by atoms with Gasteiger partial charge >= 0.3 is 0 Å². The molecule has 1 atom stereocenters. The molecule has 0 spiro atoms. The Morgan fingerprint density at radius 2 is 0.857 bits per heavy atom. The van der Waals surface area contributed by atoms with Crippen molar-refractivity contribution in [1.29, 1.82) is 0 Å².